The minimum Gasteiger partial charge on any atom is -0.489 e. The van der Waals surface area contributed by atoms with Crippen molar-refractivity contribution in [2.24, 2.45) is 5.92 Å². The predicted octanol–water partition coefficient (Wildman–Crippen LogP) is 2.27. The topological polar surface area (TPSA) is 50.7 Å². The van der Waals surface area contributed by atoms with Crippen molar-refractivity contribution in [1.29, 1.82) is 0 Å². The summed E-state index contributed by atoms with van der Waals surface area (Å²) >= 11 is 0. The van der Waals surface area contributed by atoms with Gasteiger partial charge in [-0.05, 0) is 37.1 Å². The summed E-state index contributed by atoms with van der Waals surface area (Å²) in [5, 5.41) is 13.9. The van der Waals surface area contributed by atoms with Crippen molar-refractivity contribution in [3.63, 3.8) is 0 Å². The normalized spacial score (nSPS) is 27.7. The lowest BCUT2D eigenvalue weighted by atomic mass is 9.95. The quantitative estimate of drug-likeness (QED) is 0.870. The smallest absolute Gasteiger partial charge is 0.161 e. The number of rotatable bonds is 2. The van der Waals surface area contributed by atoms with E-state index >= 15 is 0 Å². The molecule has 2 aliphatic heterocycles. The minimum atomic E-state index is -0.482. The first-order valence-corrected chi connectivity index (χ1v) is 7.55. The maximum absolute atomic E-state index is 10.5. The summed E-state index contributed by atoms with van der Waals surface area (Å²) in [5.41, 5.74) is 0.904. The third-order valence-corrected chi connectivity index (χ3v) is 4.09. The van der Waals surface area contributed by atoms with Crippen LogP contribution >= 0.6 is 0 Å². The standard InChI is InChI=1S/C16H23NO3/c1-11-9-19-14-6-5-12(8-15(14)20-10-11)16(18)13-4-2-3-7-17-13/h5-6,8,11,13,16-18H,2-4,7,9-10H2,1H3. The van der Waals surface area contributed by atoms with Crippen molar-refractivity contribution in [2.75, 3.05) is 19.8 Å². The van der Waals surface area contributed by atoms with E-state index in [4.69, 9.17) is 9.47 Å². The summed E-state index contributed by atoms with van der Waals surface area (Å²) in [5.74, 6) is 1.92. The number of nitrogens with one attached hydrogen (secondary N) is 1. The lowest BCUT2D eigenvalue weighted by Crippen LogP contribution is -2.38. The van der Waals surface area contributed by atoms with E-state index in [-0.39, 0.29) is 6.04 Å². The van der Waals surface area contributed by atoms with Gasteiger partial charge in [-0.1, -0.05) is 19.4 Å². The lowest BCUT2D eigenvalue weighted by molar-refractivity contribution is 0.113. The average Bonchev–Trinajstić information content (AvgIpc) is 2.69. The van der Waals surface area contributed by atoms with Crippen molar-refractivity contribution >= 4 is 0 Å². The summed E-state index contributed by atoms with van der Waals surface area (Å²) in [6.45, 7) is 4.44. The fourth-order valence-corrected chi connectivity index (χ4v) is 2.83. The molecule has 1 aromatic rings. The van der Waals surface area contributed by atoms with Gasteiger partial charge in [-0.2, -0.15) is 0 Å². The summed E-state index contributed by atoms with van der Waals surface area (Å²) in [6.07, 6.45) is 2.91. The molecule has 1 saturated heterocycles. The molecule has 1 aromatic carbocycles. The highest BCUT2D eigenvalue weighted by molar-refractivity contribution is 5.44. The highest BCUT2D eigenvalue weighted by Crippen LogP contribution is 2.34. The van der Waals surface area contributed by atoms with E-state index in [1.54, 1.807) is 0 Å². The number of benzene rings is 1. The van der Waals surface area contributed by atoms with E-state index in [1.165, 1.54) is 12.8 Å². The summed E-state index contributed by atoms with van der Waals surface area (Å²) in [4.78, 5) is 0. The Balaban J connectivity index is 1.77. The molecule has 0 spiro atoms. The Labute approximate surface area is 120 Å². The van der Waals surface area contributed by atoms with Gasteiger partial charge in [0.25, 0.3) is 0 Å². The molecule has 3 unspecified atom stereocenters. The molecule has 3 atom stereocenters. The van der Waals surface area contributed by atoms with Crippen LogP contribution in [0.25, 0.3) is 0 Å². The van der Waals surface area contributed by atoms with Crippen LogP contribution in [0.3, 0.4) is 0 Å². The Morgan fingerprint density at radius 3 is 2.75 bits per heavy atom. The molecule has 0 bridgehead atoms. The van der Waals surface area contributed by atoms with Gasteiger partial charge in [-0.3, -0.25) is 0 Å². The second-order valence-electron chi connectivity index (χ2n) is 5.93. The number of ether oxygens (including phenoxy) is 2. The Kier molecular flexibility index (Phi) is 4.13. The molecule has 0 amide bonds. The van der Waals surface area contributed by atoms with Gasteiger partial charge in [0.1, 0.15) is 0 Å². The molecule has 0 saturated carbocycles. The molecule has 20 heavy (non-hydrogen) atoms. The molecule has 4 nitrogen and oxygen atoms in total. The van der Waals surface area contributed by atoms with Gasteiger partial charge >= 0.3 is 0 Å². The molecule has 110 valence electrons. The van der Waals surface area contributed by atoms with E-state index in [1.807, 2.05) is 18.2 Å². The van der Waals surface area contributed by atoms with E-state index in [2.05, 4.69) is 12.2 Å². The molecule has 2 heterocycles. The Bertz CT molecular complexity index is 457. The van der Waals surface area contributed by atoms with Crippen LogP contribution in [-0.2, 0) is 0 Å². The van der Waals surface area contributed by atoms with Gasteiger partial charge in [-0.15, -0.1) is 0 Å². The monoisotopic (exact) mass is 277 g/mol. The zero-order chi connectivity index (χ0) is 13.9. The Hall–Kier alpha value is -1.26. The van der Waals surface area contributed by atoms with Gasteiger partial charge in [0.05, 0.1) is 19.3 Å². The molecular formula is C16H23NO3. The van der Waals surface area contributed by atoms with Crippen molar-refractivity contribution < 1.29 is 14.6 Å². The highest BCUT2D eigenvalue weighted by Gasteiger charge is 2.24. The first kappa shape index (κ1) is 13.7. The van der Waals surface area contributed by atoms with Gasteiger partial charge in [0, 0.05) is 12.0 Å². The summed E-state index contributed by atoms with van der Waals surface area (Å²) < 4.78 is 11.5. The number of aliphatic hydroxyl groups excluding tert-OH is 1. The largest absolute Gasteiger partial charge is 0.489 e. The minimum absolute atomic E-state index is 0.146. The maximum atomic E-state index is 10.5. The molecular weight excluding hydrogens is 254 g/mol. The van der Waals surface area contributed by atoms with Crippen molar-refractivity contribution in [3.05, 3.63) is 23.8 Å². The third-order valence-electron chi connectivity index (χ3n) is 4.09. The fraction of sp³-hybridized carbons (Fsp3) is 0.625. The predicted molar refractivity (Wildman–Crippen MR) is 77.2 cm³/mol. The van der Waals surface area contributed by atoms with Crippen LogP contribution in [-0.4, -0.2) is 30.9 Å². The first-order chi connectivity index (χ1) is 9.74. The number of hydrogen-bond acceptors (Lipinski definition) is 4. The van der Waals surface area contributed by atoms with Crippen LogP contribution in [0.5, 0.6) is 11.5 Å². The van der Waals surface area contributed by atoms with E-state index in [0.717, 1.165) is 30.0 Å². The number of fused-ring (bicyclic) bond motifs is 1. The van der Waals surface area contributed by atoms with E-state index in [0.29, 0.717) is 19.1 Å². The second-order valence-corrected chi connectivity index (χ2v) is 5.93. The first-order valence-electron chi connectivity index (χ1n) is 7.55. The zero-order valence-electron chi connectivity index (χ0n) is 12.0. The lowest BCUT2D eigenvalue weighted by Gasteiger charge is -2.28. The van der Waals surface area contributed by atoms with Crippen LogP contribution in [0.2, 0.25) is 0 Å². The molecule has 3 rings (SSSR count). The highest BCUT2D eigenvalue weighted by atomic mass is 16.5. The summed E-state index contributed by atoms with van der Waals surface area (Å²) in [7, 11) is 0. The van der Waals surface area contributed by atoms with E-state index in [9.17, 15) is 5.11 Å². The second kappa shape index (κ2) is 6.02. The Morgan fingerprint density at radius 1 is 1.20 bits per heavy atom. The van der Waals surface area contributed by atoms with Crippen LogP contribution in [0.1, 0.15) is 37.9 Å². The molecule has 2 aliphatic rings. The number of aliphatic hydroxyl groups is 1. The Morgan fingerprint density at radius 2 is 2.00 bits per heavy atom. The van der Waals surface area contributed by atoms with E-state index < -0.39 is 6.10 Å². The van der Waals surface area contributed by atoms with Crippen molar-refractivity contribution in [1.82, 2.24) is 5.32 Å². The van der Waals surface area contributed by atoms with Crippen molar-refractivity contribution in [2.45, 2.75) is 38.3 Å². The maximum Gasteiger partial charge on any atom is 0.161 e. The van der Waals surface area contributed by atoms with Crippen LogP contribution in [0, 0.1) is 5.92 Å². The molecule has 0 radical (unpaired) electrons. The average molecular weight is 277 g/mol. The molecule has 0 aliphatic carbocycles. The molecule has 4 heteroatoms. The molecule has 0 aromatic heterocycles. The summed E-state index contributed by atoms with van der Waals surface area (Å²) in [6, 6.07) is 5.93. The van der Waals surface area contributed by atoms with Crippen molar-refractivity contribution in [3.8, 4) is 11.5 Å². The third kappa shape index (κ3) is 2.91. The van der Waals surface area contributed by atoms with Gasteiger partial charge in [-0.25, -0.2) is 0 Å². The SMILES string of the molecule is CC1COc2ccc(C(O)C3CCCCN3)cc2OC1. The fourth-order valence-electron chi connectivity index (χ4n) is 2.83. The van der Waals surface area contributed by atoms with Crippen LogP contribution in [0.15, 0.2) is 18.2 Å². The van der Waals surface area contributed by atoms with Gasteiger partial charge < -0.3 is 19.9 Å². The molecule has 1 fully saturated rings. The molecule has 2 N–H and O–H groups in total. The number of piperidine rings is 1. The van der Waals surface area contributed by atoms with Gasteiger partial charge in [0.15, 0.2) is 11.5 Å². The van der Waals surface area contributed by atoms with Crippen LogP contribution in [0.4, 0.5) is 0 Å². The zero-order valence-corrected chi connectivity index (χ0v) is 12.0. The van der Waals surface area contributed by atoms with Gasteiger partial charge in [0.2, 0.25) is 0 Å². The number of hydrogen-bond donors (Lipinski definition) is 2. The van der Waals surface area contributed by atoms with Crippen LogP contribution < -0.4 is 14.8 Å².